The second-order valence-electron chi connectivity index (χ2n) is 6.53. The Morgan fingerprint density at radius 3 is 2.93 bits per heavy atom. The first-order valence-electron chi connectivity index (χ1n) is 8.94. The van der Waals surface area contributed by atoms with E-state index in [2.05, 4.69) is 20.6 Å². The number of benzene rings is 1. The number of amides is 1. The van der Waals surface area contributed by atoms with Crippen LogP contribution in [0.5, 0.6) is 0 Å². The smallest absolute Gasteiger partial charge is 0.276 e. The lowest BCUT2D eigenvalue weighted by molar-refractivity contribution is 0.0724. The van der Waals surface area contributed by atoms with Gasteiger partial charge >= 0.3 is 0 Å². The molecular weight excluding hydrogens is 344 g/mol. The molecule has 4 rings (SSSR count). The van der Waals surface area contributed by atoms with Gasteiger partial charge in [-0.05, 0) is 25.3 Å². The first kappa shape index (κ1) is 17.1. The second kappa shape index (κ2) is 7.53. The normalized spacial score (nSPS) is 17.1. The molecule has 1 aromatic carbocycles. The topological polar surface area (TPSA) is 89.9 Å². The van der Waals surface area contributed by atoms with Crippen LogP contribution in [-0.4, -0.2) is 42.7 Å². The Morgan fingerprint density at radius 2 is 2.15 bits per heavy atom. The number of allylic oxidation sites excluding steroid dienone is 1. The molecule has 0 radical (unpaired) electrons. The van der Waals surface area contributed by atoms with Crippen LogP contribution in [0.2, 0.25) is 0 Å². The van der Waals surface area contributed by atoms with E-state index in [-0.39, 0.29) is 11.9 Å². The third-order valence-corrected chi connectivity index (χ3v) is 4.68. The molecule has 1 saturated heterocycles. The summed E-state index contributed by atoms with van der Waals surface area (Å²) in [5.74, 6) is -0.141. The van der Waals surface area contributed by atoms with Gasteiger partial charge in [-0.1, -0.05) is 58.0 Å². The summed E-state index contributed by atoms with van der Waals surface area (Å²) < 4.78 is 6.45. The lowest BCUT2D eigenvalue weighted by Gasteiger charge is -2.21. The van der Waals surface area contributed by atoms with Gasteiger partial charge in [0.05, 0.1) is 18.8 Å². The van der Waals surface area contributed by atoms with E-state index >= 15 is 0 Å². The molecule has 0 unspecified atom stereocenters. The van der Waals surface area contributed by atoms with E-state index in [1.54, 1.807) is 15.8 Å². The predicted molar refractivity (Wildman–Crippen MR) is 97.5 cm³/mol. The summed E-state index contributed by atoms with van der Waals surface area (Å²) in [6.07, 6.45) is 7.44. The Bertz CT molecular complexity index is 946. The highest BCUT2D eigenvalue weighted by atomic mass is 16.6. The van der Waals surface area contributed by atoms with Gasteiger partial charge in [0.15, 0.2) is 5.69 Å². The molecule has 0 N–H and O–H groups in total. The molecule has 8 nitrogen and oxygen atoms in total. The second-order valence-corrected chi connectivity index (χ2v) is 6.53. The van der Waals surface area contributed by atoms with E-state index in [0.29, 0.717) is 18.8 Å². The lowest BCUT2D eigenvalue weighted by Crippen LogP contribution is -2.31. The zero-order chi connectivity index (χ0) is 18.6. The first-order chi connectivity index (χ1) is 13.2. The molecule has 0 saturated carbocycles. The van der Waals surface area contributed by atoms with Crippen molar-refractivity contribution in [2.75, 3.05) is 6.54 Å². The van der Waals surface area contributed by atoms with E-state index in [1.165, 1.54) is 0 Å². The summed E-state index contributed by atoms with van der Waals surface area (Å²) >= 11 is 0. The summed E-state index contributed by atoms with van der Waals surface area (Å²) in [5.41, 5.74) is 2.89. The molecule has 3 heterocycles. The number of hydrogen-bond acceptors (Lipinski definition) is 6. The van der Waals surface area contributed by atoms with Gasteiger partial charge < -0.3 is 4.90 Å². The highest BCUT2D eigenvalue weighted by molar-refractivity contribution is 5.92. The van der Waals surface area contributed by atoms with Gasteiger partial charge in [0.25, 0.3) is 5.91 Å². The van der Waals surface area contributed by atoms with Crippen molar-refractivity contribution in [3.8, 4) is 0 Å². The van der Waals surface area contributed by atoms with Gasteiger partial charge in [0.2, 0.25) is 0 Å². The van der Waals surface area contributed by atoms with Crippen LogP contribution in [0.4, 0.5) is 0 Å². The first-order valence-corrected chi connectivity index (χ1v) is 8.94. The zero-order valence-electron chi connectivity index (χ0n) is 15.0. The van der Waals surface area contributed by atoms with Crippen molar-refractivity contribution >= 4 is 12.0 Å². The van der Waals surface area contributed by atoms with Gasteiger partial charge in [-0.2, -0.15) is 0 Å². The van der Waals surface area contributed by atoms with Gasteiger partial charge in [-0.25, -0.2) is 9.31 Å². The minimum Gasteiger partial charge on any atom is -0.328 e. The molecule has 138 valence electrons. The average Bonchev–Trinajstić information content (AvgIpc) is 3.42. The van der Waals surface area contributed by atoms with E-state index in [1.807, 2.05) is 49.4 Å². The van der Waals surface area contributed by atoms with Crippen LogP contribution in [0.1, 0.15) is 46.3 Å². The van der Waals surface area contributed by atoms with Crippen LogP contribution in [0.15, 0.2) is 47.2 Å². The van der Waals surface area contributed by atoms with Crippen molar-refractivity contribution in [3.05, 3.63) is 65.2 Å². The Kier molecular flexibility index (Phi) is 4.78. The van der Waals surface area contributed by atoms with Crippen LogP contribution in [0, 0.1) is 6.92 Å². The number of hydrogen-bond donors (Lipinski definition) is 0. The Morgan fingerprint density at radius 1 is 1.30 bits per heavy atom. The molecule has 27 heavy (non-hydrogen) atoms. The maximum Gasteiger partial charge on any atom is 0.276 e. The number of nitrogens with zero attached hydrogens (tertiary/aromatic N) is 6. The fourth-order valence-corrected chi connectivity index (χ4v) is 3.33. The lowest BCUT2D eigenvalue weighted by atomic mass is 10.1. The third kappa shape index (κ3) is 3.64. The summed E-state index contributed by atoms with van der Waals surface area (Å²) in [4.78, 5) is 14.7. The Hall–Kier alpha value is -3.29. The fraction of sp³-hybridized carbons (Fsp3) is 0.316. The minimum absolute atomic E-state index is 0.119. The minimum atomic E-state index is -0.141. The number of aromatic nitrogens is 5. The third-order valence-electron chi connectivity index (χ3n) is 4.68. The SMILES string of the molecule is Cc1nonc1[C@@H]1CCCN1C(=O)c1cn(C/C=C/c2ccccc2)nn1. The number of carbonyl (C=O) groups is 1. The quantitative estimate of drug-likeness (QED) is 0.691. The molecule has 0 spiro atoms. The maximum atomic E-state index is 12.9. The average molecular weight is 364 g/mol. The van der Waals surface area contributed by atoms with Crippen LogP contribution >= 0.6 is 0 Å². The molecule has 8 heteroatoms. The van der Waals surface area contributed by atoms with Crippen LogP contribution in [-0.2, 0) is 6.54 Å². The van der Waals surface area contributed by atoms with E-state index < -0.39 is 0 Å². The molecule has 1 aliphatic heterocycles. The molecular formula is C19H20N6O2. The van der Waals surface area contributed by atoms with Crippen LogP contribution < -0.4 is 0 Å². The molecule has 2 aromatic heterocycles. The Balaban J connectivity index is 1.44. The molecule has 1 atom stereocenters. The summed E-state index contributed by atoms with van der Waals surface area (Å²) in [7, 11) is 0. The summed E-state index contributed by atoms with van der Waals surface area (Å²) in [6, 6.07) is 9.90. The number of rotatable bonds is 5. The fourth-order valence-electron chi connectivity index (χ4n) is 3.33. The highest BCUT2D eigenvalue weighted by Gasteiger charge is 2.35. The number of carbonyl (C=O) groups excluding carboxylic acids is 1. The van der Waals surface area contributed by atoms with Gasteiger partial charge in [0.1, 0.15) is 11.4 Å². The van der Waals surface area contributed by atoms with Crippen LogP contribution in [0.25, 0.3) is 6.08 Å². The molecule has 0 aliphatic carbocycles. The van der Waals surface area contributed by atoms with E-state index in [0.717, 1.165) is 29.8 Å². The van der Waals surface area contributed by atoms with E-state index in [9.17, 15) is 4.79 Å². The van der Waals surface area contributed by atoms with Crippen molar-refractivity contribution in [1.82, 2.24) is 30.2 Å². The highest BCUT2D eigenvalue weighted by Crippen LogP contribution is 2.32. The van der Waals surface area contributed by atoms with Crippen molar-refractivity contribution < 1.29 is 9.42 Å². The largest absolute Gasteiger partial charge is 0.328 e. The standard InChI is InChI=1S/C19H20N6O2/c1-14-18(22-27-21-14)17-10-6-12-25(17)19(26)16-13-24(23-20-16)11-5-9-15-7-3-2-4-8-15/h2-5,7-9,13,17H,6,10-12H2,1H3/b9-5+/t17-/m0/s1. The molecule has 3 aromatic rings. The zero-order valence-corrected chi connectivity index (χ0v) is 15.0. The van der Waals surface area contributed by atoms with Crippen molar-refractivity contribution in [1.29, 1.82) is 0 Å². The van der Waals surface area contributed by atoms with Crippen molar-refractivity contribution in [2.45, 2.75) is 32.4 Å². The summed E-state index contributed by atoms with van der Waals surface area (Å²) in [5, 5.41) is 15.9. The van der Waals surface area contributed by atoms with Gasteiger partial charge in [-0.15, -0.1) is 5.10 Å². The van der Waals surface area contributed by atoms with Crippen molar-refractivity contribution in [2.24, 2.45) is 0 Å². The van der Waals surface area contributed by atoms with Gasteiger partial charge in [0, 0.05) is 6.54 Å². The number of likely N-dealkylation sites (tertiary alicyclic amines) is 1. The Labute approximate surface area is 156 Å². The number of aryl methyl sites for hydroxylation is 1. The monoisotopic (exact) mass is 364 g/mol. The van der Waals surface area contributed by atoms with Crippen molar-refractivity contribution in [3.63, 3.8) is 0 Å². The summed E-state index contributed by atoms with van der Waals surface area (Å²) in [6.45, 7) is 3.05. The predicted octanol–water partition coefficient (Wildman–Crippen LogP) is 2.66. The van der Waals surface area contributed by atoms with Gasteiger partial charge in [-0.3, -0.25) is 4.79 Å². The molecule has 0 bridgehead atoms. The van der Waals surface area contributed by atoms with E-state index in [4.69, 9.17) is 4.63 Å². The maximum absolute atomic E-state index is 12.9. The molecule has 1 fully saturated rings. The molecule has 1 aliphatic rings. The van der Waals surface area contributed by atoms with Crippen LogP contribution in [0.3, 0.4) is 0 Å². The molecule has 1 amide bonds.